The van der Waals surface area contributed by atoms with E-state index in [-0.39, 0.29) is 48.8 Å². The van der Waals surface area contributed by atoms with Crippen LogP contribution < -0.4 is 21.3 Å². The van der Waals surface area contributed by atoms with E-state index < -0.39 is 0 Å². The summed E-state index contributed by atoms with van der Waals surface area (Å²) in [5, 5.41) is 13.9. The van der Waals surface area contributed by atoms with Gasteiger partial charge in [-0.15, -0.1) is 0 Å². The Kier molecular flexibility index (Phi) is 15.1. The second kappa shape index (κ2) is 20.6. The molecule has 4 saturated heterocycles. The minimum Gasteiger partial charge on any atom is -0.352 e. The van der Waals surface area contributed by atoms with Gasteiger partial charge in [0.15, 0.2) is 0 Å². The Bertz CT molecular complexity index is 2130. The lowest BCUT2D eigenvalue weighted by Gasteiger charge is -2.39. The molecule has 0 spiro atoms. The Morgan fingerprint density at radius 1 is 0.517 bits per heavy atom. The number of hydrogen-bond donors (Lipinski definition) is 4. The van der Waals surface area contributed by atoms with Crippen LogP contribution in [0.5, 0.6) is 0 Å². The van der Waals surface area contributed by atoms with E-state index in [2.05, 4.69) is 55.3 Å². The summed E-state index contributed by atoms with van der Waals surface area (Å²) in [6.07, 6.45) is 8.35. The average molecular weight is 893 g/mol. The van der Waals surface area contributed by atoms with Gasteiger partial charge >= 0.3 is 0 Å². The van der Waals surface area contributed by atoms with Gasteiger partial charge in [0.2, 0.25) is 11.8 Å². The Labute approximate surface area is 371 Å². The highest BCUT2D eigenvalue weighted by Gasteiger charge is 2.42. The van der Waals surface area contributed by atoms with Crippen molar-refractivity contribution in [3.05, 3.63) is 139 Å². The molecule has 0 saturated carbocycles. The Balaban J connectivity index is 0.000000182. The Hall–Kier alpha value is -4.16. The van der Waals surface area contributed by atoms with Gasteiger partial charge in [0.25, 0.3) is 11.8 Å². The average Bonchev–Trinajstić information content (AvgIpc) is 3.59. The summed E-state index contributed by atoms with van der Waals surface area (Å²) in [6.45, 7) is 1.69. The molecule has 5 atom stereocenters. The molecule has 4 fully saturated rings. The lowest BCUT2D eigenvalue weighted by Crippen LogP contribution is -2.51. The standard InChI is InChI=1S/C23H24Cl3N3O2.C23H26ClN3O2/c24-16-3-1-2-14(8-16)23(31)27-12-22(30)28-18-10-19-6-7-20(11-18)29(19)13-15-4-5-17(25)9-21(15)26;24-18-8-4-7-17(11-18)23(29)25-14-22(28)26-19-12-20-9-10-21(13-19)27(20)15-16-5-2-1-3-6-16/h1-5,8-9,18-20H,6-7,10-13H2,(H,27,31)(H,28,30);1-8,11,19-21H,9-10,12-15H2,(H,25,29)(H,26,28)/t18-,19+,20-;. The Morgan fingerprint density at radius 2 is 0.967 bits per heavy atom. The first kappa shape index (κ1) is 43.9. The molecule has 0 aromatic heterocycles. The summed E-state index contributed by atoms with van der Waals surface area (Å²) in [7, 11) is 0. The van der Waals surface area contributed by atoms with Gasteiger partial charge in [-0.25, -0.2) is 0 Å². The number of amides is 4. The number of nitrogens with one attached hydrogen (secondary N) is 4. The van der Waals surface area contributed by atoms with Gasteiger partial charge in [-0.05, 0) is 111 Å². The number of halogens is 4. The van der Waals surface area contributed by atoms with Crippen LogP contribution in [0.4, 0.5) is 0 Å². The fourth-order valence-corrected chi connectivity index (χ4v) is 10.1. The highest BCUT2D eigenvalue weighted by Crippen LogP contribution is 2.39. The molecule has 2 unspecified atom stereocenters. The molecule has 4 aliphatic heterocycles. The lowest BCUT2D eigenvalue weighted by molar-refractivity contribution is -0.122. The maximum atomic E-state index is 12.4. The van der Waals surface area contributed by atoms with E-state index in [9.17, 15) is 19.2 Å². The Morgan fingerprint density at radius 3 is 1.42 bits per heavy atom. The first-order valence-corrected chi connectivity index (χ1v) is 22.1. The molecule has 4 aromatic rings. The molecule has 316 valence electrons. The zero-order valence-electron chi connectivity index (χ0n) is 33.2. The number of rotatable bonds is 12. The fraction of sp³-hybridized carbons (Fsp3) is 0.391. The molecule has 10 nitrogen and oxygen atoms in total. The minimum atomic E-state index is -0.313. The SMILES string of the molecule is O=C(CNC(=O)c1cccc(Cl)c1)NC1CC2CCC(C1)N2Cc1ccccc1.O=C(CNC(=O)c1cccc(Cl)c1)N[C@H]1C[C@H]2CC[C@@H](C1)N2Cc1ccc(Cl)cc1Cl. The van der Waals surface area contributed by atoms with Crippen LogP contribution in [0.1, 0.15) is 83.2 Å². The van der Waals surface area contributed by atoms with Crippen LogP contribution in [0, 0.1) is 0 Å². The molecule has 0 aliphatic carbocycles. The molecule has 60 heavy (non-hydrogen) atoms. The van der Waals surface area contributed by atoms with Crippen molar-refractivity contribution in [3.8, 4) is 0 Å². The van der Waals surface area contributed by atoms with Crippen molar-refractivity contribution in [2.24, 2.45) is 0 Å². The minimum absolute atomic E-state index is 0.0229. The summed E-state index contributed by atoms with van der Waals surface area (Å²) in [4.78, 5) is 54.2. The number of carbonyl (C=O) groups excluding carboxylic acids is 4. The number of benzene rings is 4. The predicted molar refractivity (Wildman–Crippen MR) is 238 cm³/mol. The van der Waals surface area contributed by atoms with E-state index in [0.717, 1.165) is 57.2 Å². The van der Waals surface area contributed by atoms with E-state index in [1.165, 1.54) is 18.4 Å². The number of piperidine rings is 2. The van der Waals surface area contributed by atoms with Crippen LogP contribution in [0.15, 0.2) is 97.1 Å². The quantitative estimate of drug-likeness (QED) is 0.114. The third-order valence-corrected chi connectivity index (χ3v) is 13.1. The van der Waals surface area contributed by atoms with E-state index in [4.69, 9.17) is 46.4 Å². The van der Waals surface area contributed by atoms with Crippen molar-refractivity contribution in [1.29, 1.82) is 0 Å². The first-order chi connectivity index (χ1) is 29.0. The van der Waals surface area contributed by atoms with E-state index >= 15 is 0 Å². The summed E-state index contributed by atoms with van der Waals surface area (Å²) in [5.41, 5.74) is 3.31. The molecule has 4 aliphatic rings. The second-order valence-corrected chi connectivity index (χ2v) is 17.9. The van der Waals surface area contributed by atoms with Crippen molar-refractivity contribution in [2.75, 3.05) is 13.1 Å². The lowest BCUT2D eigenvalue weighted by atomic mass is 9.96. The van der Waals surface area contributed by atoms with Crippen LogP contribution in [-0.4, -0.2) is 82.8 Å². The smallest absolute Gasteiger partial charge is 0.251 e. The van der Waals surface area contributed by atoms with Crippen LogP contribution in [0.25, 0.3) is 0 Å². The number of carbonyl (C=O) groups is 4. The fourth-order valence-electron chi connectivity index (χ4n) is 9.28. The van der Waals surface area contributed by atoms with E-state index in [1.807, 2.05) is 18.2 Å². The van der Waals surface area contributed by atoms with Gasteiger partial charge in [-0.2, -0.15) is 0 Å². The third-order valence-electron chi connectivity index (χ3n) is 12.1. The van der Waals surface area contributed by atoms with Crippen molar-refractivity contribution >= 4 is 70.0 Å². The van der Waals surface area contributed by atoms with Crippen LogP contribution in [0.2, 0.25) is 20.1 Å². The normalized spacial score (nSPS) is 23.2. The molecule has 4 heterocycles. The van der Waals surface area contributed by atoms with E-state index in [1.54, 1.807) is 54.6 Å². The summed E-state index contributed by atoms with van der Waals surface area (Å²) in [6, 6.07) is 31.7. The summed E-state index contributed by atoms with van der Waals surface area (Å²) in [5.74, 6) is -0.914. The topological polar surface area (TPSA) is 123 Å². The first-order valence-electron chi connectivity index (χ1n) is 20.6. The van der Waals surface area contributed by atoms with Gasteiger partial charge in [-0.3, -0.25) is 29.0 Å². The summed E-state index contributed by atoms with van der Waals surface area (Å²) >= 11 is 24.2. The molecule has 0 radical (unpaired) electrons. The van der Waals surface area contributed by atoms with Gasteiger partial charge in [-0.1, -0.05) is 94.9 Å². The molecular formula is C46H50Cl4N6O4. The molecule has 4 bridgehead atoms. The maximum absolute atomic E-state index is 12.4. The van der Waals surface area contributed by atoms with Crippen LogP contribution in [0.3, 0.4) is 0 Å². The largest absolute Gasteiger partial charge is 0.352 e. The molecule has 8 rings (SSSR count). The maximum Gasteiger partial charge on any atom is 0.251 e. The zero-order chi connectivity index (χ0) is 42.2. The number of fused-ring (bicyclic) bond motifs is 4. The van der Waals surface area contributed by atoms with Crippen molar-refractivity contribution in [1.82, 2.24) is 31.1 Å². The van der Waals surface area contributed by atoms with Crippen molar-refractivity contribution < 1.29 is 19.2 Å². The molecule has 4 aromatic carbocycles. The summed E-state index contributed by atoms with van der Waals surface area (Å²) < 4.78 is 0. The van der Waals surface area contributed by atoms with E-state index in [0.29, 0.717) is 55.4 Å². The number of hydrogen-bond acceptors (Lipinski definition) is 6. The van der Waals surface area contributed by atoms with Gasteiger partial charge in [0.05, 0.1) is 13.1 Å². The molecule has 4 N–H and O–H groups in total. The second-order valence-electron chi connectivity index (χ2n) is 16.2. The monoisotopic (exact) mass is 890 g/mol. The molecular weight excluding hydrogens is 842 g/mol. The van der Waals surface area contributed by atoms with Crippen LogP contribution >= 0.6 is 46.4 Å². The third kappa shape index (κ3) is 11.8. The zero-order valence-corrected chi connectivity index (χ0v) is 36.2. The van der Waals surface area contributed by atoms with Crippen molar-refractivity contribution in [3.63, 3.8) is 0 Å². The van der Waals surface area contributed by atoms with Gasteiger partial charge in [0, 0.05) is 80.6 Å². The van der Waals surface area contributed by atoms with Gasteiger partial charge in [0.1, 0.15) is 0 Å². The molecule has 4 amide bonds. The number of nitrogens with zero attached hydrogens (tertiary/aromatic N) is 2. The predicted octanol–water partition coefficient (Wildman–Crippen LogP) is 8.07. The molecule has 14 heteroatoms. The van der Waals surface area contributed by atoms with Crippen molar-refractivity contribution in [2.45, 2.75) is 101 Å². The van der Waals surface area contributed by atoms with Crippen LogP contribution in [-0.2, 0) is 22.7 Å². The van der Waals surface area contributed by atoms with Gasteiger partial charge < -0.3 is 21.3 Å². The highest BCUT2D eigenvalue weighted by molar-refractivity contribution is 6.35. The highest BCUT2D eigenvalue weighted by atomic mass is 35.5.